The van der Waals surface area contributed by atoms with Crippen LogP contribution >= 0.6 is 15.9 Å². The van der Waals surface area contributed by atoms with Crippen LogP contribution in [0.4, 0.5) is 16.3 Å². The van der Waals surface area contributed by atoms with Crippen LogP contribution in [-0.2, 0) is 16.1 Å². The largest absolute Gasteiger partial charge is 0.445 e. The molecule has 0 saturated carbocycles. The number of benzene rings is 1. The standard InChI is InChI=1S/C19H19BrN4O3/c1-22-17-14(7-8-16(20)21-17)24-10-9-23(11-15(24)18(22)25)19(26)27-12-13-5-3-2-4-6-13/h2-8,15H,9-12H2,1H3. The Hall–Kier alpha value is -2.61. The average molecular weight is 431 g/mol. The SMILES string of the molecule is CN1C(=O)C2CN(C(=O)OCc3ccccc3)CCN2c2ccc(Br)nc21. The molecule has 7 nitrogen and oxygen atoms in total. The highest BCUT2D eigenvalue weighted by Gasteiger charge is 2.42. The predicted octanol–water partition coefficient (Wildman–Crippen LogP) is 2.65. The highest BCUT2D eigenvalue weighted by Crippen LogP contribution is 2.36. The van der Waals surface area contributed by atoms with Gasteiger partial charge in [0.05, 0.1) is 12.2 Å². The minimum Gasteiger partial charge on any atom is -0.445 e. The van der Waals surface area contributed by atoms with Crippen molar-refractivity contribution in [2.45, 2.75) is 12.6 Å². The number of aromatic nitrogens is 1. The van der Waals surface area contributed by atoms with Crippen LogP contribution in [0.1, 0.15) is 5.56 Å². The second kappa shape index (κ2) is 7.19. The van der Waals surface area contributed by atoms with E-state index >= 15 is 0 Å². The summed E-state index contributed by atoms with van der Waals surface area (Å²) >= 11 is 3.35. The van der Waals surface area contributed by atoms with Gasteiger partial charge in [-0.1, -0.05) is 30.3 Å². The molecule has 0 bridgehead atoms. The van der Waals surface area contributed by atoms with Gasteiger partial charge in [0, 0.05) is 20.1 Å². The van der Waals surface area contributed by atoms with E-state index in [1.165, 1.54) is 0 Å². The van der Waals surface area contributed by atoms with Gasteiger partial charge in [-0.25, -0.2) is 9.78 Å². The maximum absolute atomic E-state index is 12.8. The number of nitrogens with zero attached hydrogens (tertiary/aromatic N) is 4. The molecule has 0 radical (unpaired) electrons. The Morgan fingerprint density at radius 3 is 2.78 bits per heavy atom. The molecule has 0 aliphatic carbocycles. The summed E-state index contributed by atoms with van der Waals surface area (Å²) in [6, 6.07) is 12.9. The number of carbonyl (C=O) groups excluding carboxylic acids is 2. The van der Waals surface area contributed by atoms with Crippen LogP contribution in [0.5, 0.6) is 0 Å². The lowest BCUT2D eigenvalue weighted by atomic mass is 10.1. The van der Waals surface area contributed by atoms with Crippen molar-refractivity contribution in [3.63, 3.8) is 0 Å². The monoisotopic (exact) mass is 430 g/mol. The summed E-state index contributed by atoms with van der Waals surface area (Å²) in [4.78, 5) is 34.9. The maximum Gasteiger partial charge on any atom is 0.410 e. The van der Waals surface area contributed by atoms with Crippen LogP contribution in [0.25, 0.3) is 0 Å². The third-order valence-corrected chi connectivity index (χ3v) is 5.35. The minimum atomic E-state index is -0.427. The number of halogens is 1. The molecule has 0 spiro atoms. The summed E-state index contributed by atoms with van der Waals surface area (Å²) in [5.41, 5.74) is 1.84. The molecular weight excluding hydrogens is 412 g/mol. The molecule has 1 saturated heterocycles. The van der Waals surface area contributed by atoms with Gasteiger partial charge >= 0.3 is 6.09 Å². The van der Waals surface area contributed by atoms with E-state index in [4.69, 9.17) is 4.74 Å². The van der Waals surface area contributed by atoms with Gasteiger partial charge in [-0.05, 0) is 33.6 Å². The molecule has 3 heterocycles. The van der Waals surface area contributed by atoms with E-state index in [1.54, 1.807) is 16.8 Å². The van der Waals surface area contributed by atoms with Crippen molar-refractivity contribution in [2.24, 2.45) is 0 Å². The van der Waals surface area contributed by atoms with E-state index in [2.05, 4.69) is 20.9 Å². The lowest BCUT2D eigenvalue weighted by Crippen LogP contribution is -2.63. The number of anilines is 2. The first-order chi connectivity index (χ1) is 13.0. The van der Waals surface area contributed by atoms with Crippen molar-refractivity contribution in [3.05, 3.63) is 52.6 Å². The molecule has 1 fully saturated rings. The molecule has 27 heavy (non-hydrogen) atoms. The van der Waals surface area contributed by atoms with Gasteiger partial charge in [0.2, 0.25) is 0 Å². The summed E-state index contributed by atoms with van der Waals surface area (Å²) < 4.78 is 6.10. The summed E-state index contributed by atoms with van der Waals surface area (Å²) in [5.74, 6) is 0.555. The fourth-order valence-corrected chi connectivity index (χ4v) is 3.78. The zero-order valence-electron chi connectivity index (χ0n) is 14.8. The first-order valence-electron chi connectivity index (χ1n) is 8.71. The third kappa shape index (κ3) is 3.37. The Bertz CT molecular complexity index is 877. The number of hydrogen-bond acceptors (Lipinski definition) is 5. The highest BCUT2D eigenvalue weighted by atomic mass is 79.9. The third-order valence-electron chi connectivity index (χ3n) is 4.91. The Kier molecular flexibility index (Phi) is 4.73. The Balaban J connectivity index is 1.47. The van der Waals surface area contributed by atoms with E-state index in [9.17, 15) is 9.59 Å². The van der Waals surface area contributed by atoms with E-state index in [-0.39, 0.29) is 12.5 Å². The summed E-state index contributed by atoms with van der Waals surface area (Å²) in [6.45, 7) is 1.57. The molecule has 2 aliphatic heterocycles. The van der Waals surface area contributed by atoms with E-state index in [1.807, 2.05) is 47.4 Å². The Labute approximate surface area is 165 Å². The summed E-state index contributed by atoms with van der Waals surface area (Å²) in [7, 11) is 1.71. The number of amides is 2. The van der Waals surface area contributed by atoms with Crippen molar-refractivity contribution in [1.29, 1.82) is 0 Å². The smallest absolute Gasteiger partial charge is 0.410 e. The molecule has 1 unspecified atom stereocenters. The van der Waals surface area contributed by atoms with Crippen LogP contribution < -0.4 is 9.80 Å². The molecular formula is C19H19BrN4O3. The normalized spacial score (nSPS) is 18.8. The van der Waals surface area contributed by atoms with E-state index < -0.39 is 12.1 Å². The second-order valence-electron chi connectivity index (χ2n) is 6.57. The maximum atomic E-state index is 12.8. The molecule has 0 N–H and O–H groups in total. The number of hydrogen-bond donors (Lipinski definition) is 0. The number of rotatable bonds is 2. The second-order valence-corrected chi connectivity index (χ2v) is 7.38. The number of pyridine rings is 1. The average Bonchev–Trinajstić information content (AvgIpc) is 2.70. The molecule has 2 aromatic rings. The molecule has 8 heteroatoms. The van der Waals surface area contributed by atoms with E-state index in [0.29, 0.717) is 30.1 Å². The van der Waals surface area contributed by atoms with Crippen molar-refractivity contribution >= 4 is 39.4 Å². The van der Waals surface area contributed by atoms with Crippen molar-refractivity contribution < 1.29 is 14.3 Å². The number of fused-ring (bicyclic) bond motifs is 3. The molecule has 1 atom stereocenters. The first kappa shape index (κ1) is 17.8. The first-order valence-corrected chi connectivity index (χ1v) is 9.50. The van der Waals surface area contributed by atoms with Crippen LogP contribution in [0.3, 0.4) is 0 Å². The topological polar surface area (TPSA) is 66.0 Å². The van der Waals surface area contributed by atoms with Crippen molar-refractivity contribution in [3.8, 4) is 0 Å². The molecule has 4 rings (SSSR count). The van der Waals surface area contributed by atoms with Crippen LogP contribution in [0, 0.1) is 0 Å². The van der Waals surface area contributed by atoms with E-state index in [0.717, 1.165) is 11.3 Å². The molecule has 140 valence electrons. The van der Waals surface area contributed by atoms with Crippen LogP contribution in [0.15, 0.2) is 47.1 Å². The van der Waals surface area contributed by atoms with Gasteiger partial charge in [0.15, 0.2) is 5.82 Å². The van der Waals surface area contributed by atoms with Crippen LogP contribution in [-0.4, -0.2) is 54.6 Å². The highest BCUT2D eigenvalue weighted by molar-refractivity contribution is 9.10. The van der Waals surface area contributed by atoms with Gasteiger partial charge in [0.1, 0.15) is 17.3 Å². The van der Waals surface area contributed by atoms with Gasteiger partial charge in [-0.15, -0.1) is 0 Å². The Morgan fingerprint density at radius 1 is 1.22 bits per heavy atom. The van der Waals surface area contributed by atoms with Crippen molar-refractivity contribution in [1.82, 2.24) is 9.88 Å². The zero-order valence-corrected chi connectivity index (χ0v) is 16.4. The zero-order chi connectivity index (χ0) is 19.0. The van der Waals surface area contributed by atoms with Gasteiger partial charge in [-0.3, -0.25) is 9.69 Å². The summed E-state index contributed by atoms with van der Waals surface area (Å²) in [6.07, 6.45) is -0.395. The predicted molar refractivity (Wildman–Crippen MR) is 105 cm³/mol. The lowest BCUT2D eigenvalue weighted by Gasteiger charge is -2.46. The Morgan fingerprint density at radius 2 is 2.00 bits per heavy atom. The molecule has 2 amide bonds. The number of carbonyl (C=O) groups is 2. The molecule has 2 aliphatic rings. The van der Waals surface area contributed by atoms with Gasteiger partial charge < -0.3 is 14.5 Å². The minimum absolute atomic E-state index is 0.0753. The fraction of sp³-hybridized carbons (Fsp3) is 0.316. The fourth-order valence-electron chi connectivity index (χ4n) is 3.48. The molecule has 1 aromatic carbocycles. The summed E-state index contributed by atoms with van der Waals surface area (Å²) in [5, 5.41) is 0. The van der Waals surface area contributed by atoms with Gasteiger partial charge in [-0.2, -0.15) is 0 Å². The quantitative estimate of drug-likeness (QED) is 0.685. The number of likely N-dealkylation sites (N-methyl/N-ethyl adjacent to an activating group) is 1. The van der Waals surface area contributed by atoms with Crippen LogP contribution in [0.2, 0.25) is 0 Å². The number of piperazine rings is 1. The van der Waals surface area contributed by atoms with Gasteiger partial charge in [0.25, 0.3) is 5.91 Å². The number of ether oxygens (including phenoxy) is 1. The van der Waals surface area contributed by atoms with Crippen molar-refractivity contribution in [2.75, 3.05) is 36.5 Å². The lowest BCUT2D eigenvalue weighted by molar-refractivity contribution is -0.120. The molecule has 1 aromatic heterocycles.